The van der Waals surface area contributed by atoms with E-state index in [0.717, 1.165) is 12.1 Å². The highest BCUT2D eigenvalue weighted by atomic mass is 35.5. The highest BCUT2D eigenvalue weighted by Gasteiger charge is 2.24. The van der Waals surface area contributed by atoms with E-state index in [-0.39, 0.29) is 28.5 Å². The average Bonchev–Trinajstić information content (AvgIpc) is 2.45. The van der Waals surface area contributed by atoms with Gasteiger partial charge in [0.15, 0.2) is 5.82 Å². The average molecular weight is 328 g/mol. The molecule has 7 heteroatoms. The molecule has 2 aromatic carbocycles. The fourth-order valence-electron chi connectivity index (χ4n) is 2.06. The molecule has 3 N–H and O–H groups in total. The summed E-state index contributed by atoms with van der Waals surface area (Å²) in [4.78, 5) is 11.0. The number of aromatic carboxylic acids is 1. The Morgan fingerprint density at radius 2 is 2.05 bits per heavy atom. The van der Waals surface area contributed by atoms with E-state index in [1.54, 1.807) is 6.92 Å². The Bertz CT molecular complexity index is 750. The Labute approximate surface area is 130 Å². The van der Waals surface area contributed by atoms with Crippen molar-refractivity contribution in [2.45, 2.75) is 6.92 Å². The third-order valence-electron chi connectivity index (χ3n) is 3.01. The minimum Gasteiger partial charge on any atom is -0.493 e. The van der Waals surface area contributed by atoms with E-state index in [4.69, 9.17) is 27.2 Å². The molecule has 4 nitrogen and oxygen atoms in total. The summed E-state index contributed by atoms with van der Waals surface area (Å²) in [5, 5.41) is 8.70. The van der Waals surface area contributed by atoms with Gasteiger partial charge in [-0.25, -0.2) is 13.6 Å². The molecule has 0 saturated carbocycles. The summed E-state index contributed by atoms with van der Waals surface area (Å²) in [7, 11) is 0. The topological polar surface area (TPSA) is 72.5 Å². The van der Waals surface area contributed by atoms with Crippen molar-refractivity contribution in [3.05, 3.63) is 46.5 Å². The molecule has 0 heterocycles. The molecule has 0 saturated heterocycles. The van der Waals surface area contributed by atoms with Crippen molar-refractivity contribution in [2.75, 3.05) is 12.3 Å². The van der Waals surface area contributed by atoms with Crippen LogP contribution in [0.15, 0.2) is 24.3 Å². The molecule has 116 valence electrons. The van der Waals surface area contributed by atoms with Crippen molar-refractivity contribution in [2.24, 2.45) is 0 Å². The number of benzene rings is 2. The molecular formula is C15H12ClF2NO3. The zero-order valence-corrected chi connectivity index (χ0v) is 12.2. The van der Waals surface area contributed by atoms with Gasteiger partial charge in [0.2, 0.25) is 0 Å². The predicted molar refractivity (Wildman–Crippen MR) is 79.3 cm³/mol. The molecule has 0 aliphatic rings. The van der Waals surface area contributed by atoms with Gasteiger partial charge in [-0.15, -0.1) is 0 Å². The summed E-state index contributed by atoms with van der Waals surface area (Å²) < 4.78 is 33.9. The first-order valence-electron chi connectivity index (χ1n) is 6.30. The van der Waals surface area contributed by atoms with Gasteiger partial charge >= 0.3 is 5.97 Å². The number of carboxylic acids is 1. The number of anilines is 1. The Hall–Kier alpha value is -2.34. The molecular weight excluding hydrogens is 316 g/mol. The second-order valence-electron chi connectivity index (χ2n) is 4.36. The predicted octanol–water partition coefficient (Wildman–Crippen LogP) is 3.96. The standard InChI is InChI=1S/C15H12ClF2NO3/c1-2-22-10-5-3-4-9(17)12(10)11-8(16)6-7(15(20)21)14(19)13(11)18/h3-6H,2,19H2,1H3,(H,20,21). The van der Waals surface area contributed by atoms with Gasteiger partial charge < -0.3 is 15.6 Å². The van der Waals surface area contributed by atoms with Crippen molar-refractivity contribution >= 4 is 23.3 Å². The summed E-state index contributed by atoms with van der Waals surface area (Å²) in [6.45, 7) is 1.92. The zero-order chi connectivity index (χ0) is 16.4. The van der Waals surface area contributed by atoms with Crippen LogP contribution >= 0.6 is 11.6 Å². The maximum absolute atomic E-state index is 14.5. The fraction of sp³-hybridized carbons (Fsp3) is 0.133. The molecule has 0 atom stereocenters. The number of hydrogen-bond acceptors (Lipinski definition) is 3. The Morgan fingerprint density at radius 3 is 2.64 bits per heavy atom. The van der Waals surface area contributed by atoms with Gasteiger partial charge in [-0.1, -0.05) is 17.7 Å². The van der Waals surface area contributed by atoms with E-state index in [0.29, 0.717) is 0 Å². The number of rotatable bonds is 4. The summed E-state index contributed by atoms with van der Waals surface area (Å²) in [5.74, 6) is -3.20. The monoisotopic (exact) mass is 327 g/mol. The lowest BCUT2D eigenvalue weighted by Crippen LogP contribution is -2.07. The largest absolute Gasteiger partial charge is 0.493 e. The molecule has 2 aromatic rings. The smallest absolute Gasteiger partial charge is 0.337 e. The quantitative estimate of drug-likeness (QED) is 0.834. The highest BCUT2D eigenvalue weighted by molar-refractivity contribution is 6.34. The Balaban J connectivity index is 2.79. The molecule has 0 aliphatic carbocycles. The first-order valence-corrected chi connectivity index (χ1v) is 6.68. The molecule has 0 aromatic heterocycles. The van der Waals surface area contributed by atoms with Gasteiger partial charge in [0, 0.05) is 5.56 Å². The van der Waals surface area contributed by atoms with Crippen molar-refractivity contribution in [3.8, 4) is 16.9 Å². The first kappa shape index (κ1) is 16.0. The molecule has 0 bridgehead atoms. The van der Waals surface area contributed by atoms with Gasteiger partial charge in [0.05, 0.1) is 28.4 Å². The maximum atomic E-state index is 14.5. The van der Waals surface area contributed by atoms with E-state index in [1.807, 2.05) is 0 Å². The molecule has 0 radical (unpaired) electrons. The molecule has 22 heavy (non-hydrogen) atoms. The Kier molecular flexibility index (Phi) is 4.51. The van der Waals surface area contributed by atoms with Gasteiger partial charge in [0.25, 0.3) is 0 Å². The second-order valence-corrected chi connectivity index (χ2v) is 4.77. The van der Waals surface area contributed by atoms with Gasteiger partial charge in [-0.2, -0.15) is 0 Å². The summed E-state index contributed by atoms with van der Waals surface area (Å²) in [6.07, 6.45) is 0. The van der Waals surface area contributed by atoms with Crippen LogP contribution in [0.5, 0.6) is 5.75 Å². The minimum atomic E-state index is -1.43. The number of halogens is 3. The van der Waals surface area contributed by atoms with Crippen LogP contribution in [0.3, 0.4) is 0 Å². The second kappa shape index (κ2) is 6.19. The third kappa shape index (κ3) is 2.69. The highest BCUT2D eigenvalue weighted by Crippen LogP contribution is 2.41. The number of hydrogen-bond donors (Lipinski definition) is 2. The van der Waals surface area contributed by atoms with Crippen LogP contribution in [0.2, 0.25) is 5.02 Å². The van der Waals surface area contributed by atoms with E-state index in [2.05, 4.69) is 0 Å². The van der Waals surface area contributed by atoms with Crippen LogP contribution in [0.1, 0.15) is 17.3 Å². The van der Waals surface area contributed by atoms with E-state index in [1.165, 1.54) is 12.1 Å². The maximum Gasteiger partial charge on any atom is 0.337 e. The number of carbonyl (C=O) groups is 1. The molecule has 2 rings (SSSR count). The van der Waals surface area contributed by atoms with E-state index in [9.17, 15) is 13.6 Å². The lowest BCUT2D eigenvalue weighted by atomic mass is 9.99. The lowest BCUT2D eigenvalue weighted by Gasteiger charge is -2.15. The molecule has 0 unspecified atom stereocenters. The van der Waals surface area contributed by atoms with Crippen LogP contribution in [0.25, 0.3) is 11.1 Å². The fourth-order valence-corrected chi connectivity index (χ4v) is 2.35. The molecule has 0 fully saturated rings. The van der Waals surface area contributed by atoms with E-state index < -0.39 is 28.9 Å². The number of nitrogen functional groups attached to an aromatic ring is 1. The molecule has 0 aliphatic heterocycles. The summed E-state index contributed by atoms with van der Waals surface area (Å²) >= 11 is 5.95. The SMILES string of the molecule is CCOc1cccc(F)c1-c1c(Cl)cc(C(=O)O)c(N)c1F. The number of nitrogens with two attached hydrogens (primary N) is 1. The van der Waals surface area contributed by atoms with Crippen molar-refractivity contribution in [1.29, 1.82) is 0 Å². The van der Waals surface area contributed by atoms with Crippen molar-refractivity contribution in [1.82, 2.24) is 0 Å². The van der Waals surface area contributed by atoms with Gasteiger partial charge in [-0.3, -0.25) is 0 Å². The first-order chi connectivity index (χ1) is 10.4. The lowest BCUT2D eigenvalue weighted by molar-refractivity contribution is 0.0697. The zero-order valence-electron chi connectivity index (χ0n) is 11.5. The molecule has 0 spiro atoms. The van der Waals surface area contributed by atoms with Crippen LogP contribution in [-0.4, -0.2) is 17.7 Å². The number of carboxylic acid groups (broad SMARTS) is 1. The van der Waals surface area contributed by atoms with Crippen LogP contribution in [0, 0.1) is 11.6 Å². The van der Waals surface area contributed by atoms with Crippen LogP contribution in [0.4, 0.5) is 14.5 Å². The van der Waals surface area contributed by atoms with Gasteiger partial charge in [0.1, 0.15) is 11.6 Å². The van der Waals surface area contributed by atoms with Crippen LogP contribution < -0.4 is 10.5 Å². The minimum absolute atomic E-state index is 0.0887. The molecule has 0 amide bonds. The number of ether oxygens (including phenoxy) is 1. The summed E-state index contributed by atoms with van der Waals surface area (Å²) in [6, 6.07) is 4.97. The van der Waals surface area contributed by atoms with Crippen molar-refractivity contribution < 1.29 is 23.4 Å². The Morgan fingerprint density at radius 1 is 1.36 bits per heavy atom. The normalized spacial score (nSPS) is 10.5. The van der Waals surface area contributed by atoms with Crippen LogP contribution in [-0.2, 0) is 0 Å². The summed E-state index contributed by atoms with van der Waals surface area (Å²) in [5.41, 5.74) is 3.86. The van der Waals surface area contributed by atoms with Crippen molar-refractivity contribution in [3.63, 3.8) is 0 Å². The van der Waals surface area contributed by atoms with Gasteiger partial charge in [-0.05, 0) is 25.1 Å². The van der Waals surface area contributed by atoms with E-state index >= 15 is 0 Å². The third-order valence-corrected chi connectivity index (χ3v) is 3.31.